The predicted molar refractivity (Wildman–Crippen MR) is 41.0 cm³/mol. The molecule has 0 aliphatic carbocycles. The molecule has 0 fully saturated rings. The normalized spacial score (nSPS) is 14.4. The van der Waals surface area contributed by atoms with Crippen LogP contribution in [0.5, 0.6) is 0 Å². The Kier molecular flexibility index (Phi) is 4.50. The lowest BCUT2D eigenvalue weighted by molar-refractivity contribution is -0.137. The van der Waals surface area contributed by atoms with Crippen molar-refractivity contribution in [2.75, 3.05) is 6.61 Å². The van der Waals surface area contributed by atoms with Crippen molar-refractivity contribution in [3.8, 4) is 0 Å². The first-order valence-electron chi connectivity index (χ1n) is 3.57. The molecule has 0 radical (unpaired) electrons. The van der Waals surface area contributed by atoms with Gasteiger partial charge in [0.25, 0.3) is 0 Å². The van der Waals surface area contributed by atoms with Crippen molar-refractivity contribution in [1.29, 1.82) is 0 Å². The van der Waals surface area contributed by atoms with Crippen molar-refractivity contribution in [3.63, 3.8) is 0 Å². The van der Waals surface area contributed by atoms with Gasteiger partial charge < -0.3 is 4.74 Å². The Morgan fingerprint density at radius 2 is 2.27 bits per heavy atom. The van der Waals surface area contributed by atoms with Crippen LogP contribution in [0.3, 0.4) is 0 Å². The average Bonchev–Trinajstić information content (AvgIpc) is 1.87. The monoisotopic (exact) mass is 160 g/mol. The maximum atomic E-state index is 12.4. The Hall–Kier alpha value is -0.860. The summed E-state index contributed by atoms with van der Waals surface area (Å²) in [4.78, 5) is 10.7. The fraction of sp³-hybridized carbons (Fsp3) is 0.625. The van der Waals surface area contributed by atoms with E-state index in [1.807, 2.05) is 0 Å². The first kappa shape index (κ1) is 10.1. The van der Waals surface area contributed by atoms with Crippen molar-refractivity contribution in [3.05, 3.63) is 11.6 Å². The molecule has 0 aliphatic rings. The Morgan fingerprint density at radius 3 is 2.64 bits per heavy atom. The molecular weight excluding hydrogens is 147 g/mol. The first-order chi connectivity index (χ1) is 5.07. The molecule has 11 heavy (non-hydrogen) atoms. The van der Waals surface area contributed by atoms with E-state index in [9.17, 15) is 9.18 Å². The van der Waals surface area contributed by atoms with Crippen molar-refractivity contribution < 1.29 is 13.9 Å². The Bertz CT molecular complexity index is 161. The number of carbonyl (C=O) groups excluding carboxylic acids is 1. The number of hydrogen-bond donors (Lipinski definition) is 0. The smallest absolute Gasteiger partial charge is 0.330 e. The predicted octanol–water partition coefficient (Wildman–Crippen LogP) is 1.85. The quantitative estimate of drug-likeness (QED) is 0.465. The Morgan fingerprint density at radius 1 is 1.73 bits per heavy atom. The van der Waals surface area contributed by atoms with E-state index in [1.54, 1.807) is 13.8 Å². The van der Waals surface area contributed by atoms with Crippen LogP contribution in [0.1, 0.15) is 20.8 Å². The molecule has 0 aromatic carbocycles. The molecule has 0 aromatic heterocycles. The molecule has 1 atom stereocenters. The summed E-state index contributed by atoms with van der Waals surface area (Å²) >= 11 is 0. The van der Waals surface area contributed by atoms with Crippen LogP contribution in [0.2, 0.25) is 0 Å². The number of ether oxygens (including phenoxy) is 1. The number of alkyl halides is 1. The summed E-state index contributed by atoms with van der Waals surface area (Å²) in [5, 5.41) is 0. The number of allylic oxidation sites excluding steroid dienone is 1. The highest BCUT2D eigenvalue weighted by Gasteiger charge is 2.03. The second-order valence-electron chi connectivity index (χ2n) is 2.26. The summed E-state index contributed by atoms with van der Waals surface area (Å²) in [7, 11) is 0. The number of halogens is 1. The largest absolute Gasteiger partial charge is 0.463 e. The molecule has 0 N–H and O–H groups in total. The van der Waals surface area contributed by atoms with Gasteiger partial charge in [-0.3, -0.25) is 0 Å². The minimum Gasteiger partial charge on any atom is -0.463 e. The van der Waals surface area contributed by atoms with Crippen molar-refractivity contribution in [2.45, 2.75) is 26.9 Å². The zero-order valence-electron chi connectivity index (χ0n) is 7.06. The van der Waals surface area contributed by atoms with Gasteiger partial charge in [-0.15, -0.1) is 0 Å². The van der Waals surface area contributed by atoms with Crippen LogP contribution in [0.4, 0.5) is 4.39 Å². The van der Waals surface area contributed by atoms with Gasteiger partial charge in [0.1, 0.15) is 6.17 Å². The molecule has 64 valence electrons. The summed E-state index contributed by atoms with van der Waals surface area (Å²) in [6.45, 7) is 4.97. The molecule has 2 nitrogen and oxygen atoms in total. The van der Waals surface area contributed by atoms with Gasteiger partial charge in [0.05, 0.1) is 6.61 Å². The van der Waals surface area contributed by atoms with Crippen LogP contribution in [0.15, 0.2) is 11.6 Å². The number of carbonyl (C=O) groups is 1. The van der Waals surface area contributed by atoms with E-state index in [-0.39, 0.29) is 0 Å². The number of rotatable bonds is 3. The zero-order valence-corrected chi connectivity index (χ0v) is 7.06. The molecule has 1 unspecified atom stereocenters. The molecule has 3 heteroatoms. The van der Waals surface area contributed by atoms with Gasteiger partial charge in [-0.2, -0.15) is 0 Å². The molecule has 0 aliphatic heterocycles. The highest BCUT2D eigenvalue weighted by atomic mass is 19.1. The van der Waals surface area contributed by atoms with Gasteiger partial charge >= 0.3 is 5.97 Å². The molecule has 0 saturated carbocycles. The lowest BCUT2D eigenvalue weighted by atomic mass is 10.2. The minimum atomic E-state index is -1.08. The number of hydrogen-bond acceptors (Lipinski definition) is 2. The molecule has 0 bridgehead atoms. The van der Waals surface area contributed by atoms with Crippen LogP contribution in [-0.4, -0.2) is 18.7 Å². The molecule has 0 spiro atoms. The second kappa shape index (κ2) is 4.88. The van der Waals surface area contributed by atoms with E-state index >= 15 is 0 Å². The number of esters is 1. The maximum absolute atomic E-state index is 12.4. The van der Waals surface area contributed by atoms with Gasteiger partial charge in [0.2, 0.25) is 0 Å². The topological polar surface area (TPSA) is 26.3 Å². The molecular formula is C8H13FO2. The van der Waals surface area contributed by atoms with E-state index in [0.717, 1.165) is 0 Å². The van der Waals surface area contributed by atoms with Crippen molar-refractivity contribution in [2.24, 2.45) is 0 Å². The third-order valence-corrected chi connectivity index (χ3v) is 1.26. The van der Waals surface area contributed by atoms with Crippen LogP contribution in [-0.2, 0) is 9.53 Å². The van der Waals surface area contributed by atoms with E-state index in [4.69, 9.17) is 0 Å². The van der Waals surface area contributed by atoms with Gasteiger partial charge in [-0.1, -0.05) is 0 Å². The van der Waals surface area contributed by atoms with Crippen molar-refractivity contribution >= 4 is 5.97 Å². The zero-order chi connectivity index (χ0) is 8.85. The summed E-state index contributed by atoms with van der Waals surface area (Å²) in [5.74, 6) is -0.477. The molecule has 0 amide bonds. The standard InChI is InChI=1S/C8H13FO2/c1-4-11-8(10)5-6(2)7(3)9/h5,7H,4H2,1-3H3/b6-5+. The van der Waals surface area contributed by atoms with Gasteiger partial charge in [0.15, 0.2) is 0 Å². The summed E-state index contributed by atoms with van der Waals surface area (Å²) in [5.41, 5.74) is 0.392. The first-order valence-corrected chi connectivity index (χ1v) is 3.57. The maximum Gasteiger partial charge on any atom is 0.330 e. The van der Waals surface area contributed by atoms with E-state index in [1.165, 1.54) is 13.0 Å². The third-order valence-electron chi connectivity index (χ3n) is 1.26. The summed E-state index contributed by atoms with van der Waals surface area (Å²) in [6, 6.07) is 0. The summed E-state index contributed by atoms with van der Waals surface area (Å²) in [6.07, 6.45) is 0.0909. The van der Waals surface area contributed by atoms with Gasteiger partial charge in [0, 0.05) is 6.08 Å². The van der Waals surface area contributed by atoms with E-state index in [0.29, 0.717) is 12.2 Å². The second-order valence-corrected chi connectivity index (χ2v) is 2.26. The van der Waals surface area contributed by atoms with Crippen LogP contribution < -0.4 is 0 Å². The van der Waals surface area contributed by atoms with Crippen molar-refractivity contribution in [1.82, 2.24) is 0 Å². The SMILES string of the molecule is CCOC(=O)/C=C(\C)C(C)F. The fourth-order valence-corrected chi connectivity index (χ4v) is 0.485. The Balaban J connectivity index is 3.97. The molecule has 0 aromatic rings. The van der Waals surface area contributed by atoms with E-state index < -0.39 is 12.1 Å². The van der Waals surface area contributed by atoms with Crippen LogP contribution >= 0.6 is 0 Å². The fourth-order valence-electron chi connectivity index (χ4n) is 0.485. The Labute approximate surface area is 66.0 Å². The van der Waals surface area contributed by atoms with E-state index in [2.05, 4.69) is 4.74 Å². The average molecular weight is 160 g/mol. The highest BCUT2D eigenvalue weighted by molar-refractivity contribution is 5.82. The van der Waals surface area contributed by atoms with Crippen LogP contribution in [0.25, 0.3) is 0 Å². The lowest BCUT2D eigenvalue weighted by Gasteiger charge is -2.00. The minimum absolute atomic E-state index is 0.323. The highest BCUT2D eigenvalue weighted by Crippen LogP contribution is 2.04. The molecule has 0 heterocycles. The summed E-state index contributed by atoms with van der Waals surface area (Å²) < 4.78 is 17.0. The van der Waals surface area contributed by atoms with Crippen LogP contribution in [0, 0.1) is 0 Å². The molecule has 0 rings (SSSR count). The van der Waals surface area contributed by atoms with Gasteiger partial charge in [-0.05, 0) is 26.3 Å². The lowest BCUT2D eigenvalue weighted by Crippen LogP contribution is -2.03. The third kappa shape index (κ3) is 4.53. The molecule has 0 saturated heterocycles. The van der Waals surface area contributed by atoms with Gasteiger partial charge in [-0.25, -0.2) is 9.18 Å².